The Kier molecular flexibility index (Phi) is 4.45. The first-order valence-electron chi connectivity index (χ1n) is 7.22. The van der Waals surface area contributed by atoms with Crippen molar-refractivity contribution in [1.29, 1.82) is 0 Å². The molecule has 0 aromatic heterocycles. The SMILES string of the molecule is CC(C)CCN(C1CC1)C1(CN)CCOCC1. The lowest BCUT2D eigenvalue weighted by Gasteiger charge is -2.46. The second-order valence-corrected chi connectivity index (χ2v) is 6.15. The van der Waals surface area contributed by atoms with Gasteiger partial charge in [-0.05, 0) is 44.6 Å². The molecule has 1 saturated carbocycles. The minimum Gasteiger partial charge on any atom is -0.381 e. The van der Waals surface area contributed by atoms with Gasteiger partial charge in [-0.25, -0.2) is 0 Å². The zero-order valence-electron chi connectivity index (χ0n) is 11.5. The molecule has 2 N–H and O–H groups in total. The first-order valence-corrected chi connectivity index (χ1v) is 7.22. The fourth-order valence-corrected chi connectivity index (χ4v) is 2.95. The van der Waals surface area contributed by atoms with Crippen molar-refractivity contribution < 1.29 is 4.74 Å². The summed E-state index contributed by atoms with van der Waals surface area (Å²) in [6, 6.07) is 0.815. The highest BCUT2D eigenvalue weighted by Crippen LogP contribution is 2.37. The van der Waals surface area contributed by atoms with E-state index in [-0.39, 0.29) is 5.54 Å². The summed E-state index contributed by atoms with van der Waals surface area (Å²) >= 11 is 0. The van der Waals surface area contributed by atoms with E-state index in [0.29, 0.717) is 0 Å². The molecule has 3 nitrogen and oxygen atoms in total. The third-order valence-electron chi connectivity index (χ3n) is 4.35. The van der Waals surface area contributed by atoms with E-state index < -0.39 is 0 Å². The molecular weight excluding hydrogens is 212 g/mol. The average molecular weight is 240 g/mol. The molecular formula is C14H28N2O. The van der Waals surface area contributed by atoms with E-state index in [9.17, 15) is 0 Å². The van der Waals surface area contributed by atoms with Gasteiger partial charge in [-0.15, -0.1) is 0 Å². The highest BCUT2D eigenvalue weighted by Gasteiger charge is 2.43. The van der Waals surface area contributed by atoms with Crippen molar-refractivity contribution in [3.8, 4) is 0 Å². The number of nitrogens with two attached hydrogens (primary N) is 1. The molecule has 0 bridgehead atoms. The average Bonchev–Trinajstić information content (AvgIpc) is 3.14. The van der Waals surface area contributed by atoms with E-state index in [0.717, 1.165) is 44.6 Å². The molecule has 1 aliphatic heterocycles. The molecule has 3 heteroatoms. The number of hydrogen-bond donors (Lipinski definition) is 1. The standard InChI is InChI=1S/C14H28N2O/c1-12(2)5-8-16(13-3-4-13)14(11-15)6-9-17-10-7-14/h12-13H,3-11,15H2,1-2H3. The summed E-state index contributed by atoms with van der Waals surface area (Å²) < 4.78 is 5.52. The Balaban J connectivity index is 2.01. The maximum absolute atomic E-state index is 6.11. The quantitative estimate of drug-likeness (QED) is 0.772. The van der Waals surface area contributed by atoms with Crippen molar-refractivity contribution in [2.45, 2.75) is 57.5 Å². The van der Waals surface area contributed by atoms with Crippen molar-refractivity contribution in [3.63, 3.8) is 0 Å². The third-order valence-corrected chi connectivity index (χ3v) is 4.35. The van der Waals surface area contributed by atoms with E-state index in [1.54, 1.807) is 0 Å². The summed E-state index contributed by atoms with van der Waals surface area (Å²) in [5, 5.41) is 0. The molecule has 0 aromatic rings. The molecule has 1 heterocycles. The largest absolute Gasteiger partial charge is 0.381 e. The Morgan fingerprint density at radius 3 is 2.41 bits per heavy atom. The minimum absolute atomic E-state index is 0.244. The molecule has 1 saturated heterocycles. The minimum atomic E-state index is 0.244. The number of ether oxygens (including phenoxy) is 1. The molecule has 0 radical (unpaired) electrons. The Morgan fingerprint density at radius 1 is 1.29 bits per heavy atom. The second-order valence-electron chi connectivity index (χ2n) is 6.15. The second kappa shape index (κ2) is 5.68. The summed E-state index contributed by atoms with van der Waals surface area (Å²) in [6.45, 7) is 8.42. The molecule has 0 atom stereocenters. The van der Waals surface area contributed by atoms with Gasteiger partial charge in [0.05, 0.1) is 0 Å². The van der Waals surface area contributed by atoms with Crippen LogP contribution in [-0.2, 0) is 4.74 Å². The van der Waals surface area contributed by atoms with Crippen molar-refractivity contribution in [3.05, 3.63) is 0 Å². The van der Waals surface area contributed by atoms with Crippen LogP contribution in [0.15, 0.2) is 0 Å². The lowest BCUT2D eigenvalue weighted by Crippen LogP contribution is -2.58. The van der Waals surface area contributed by atoms with Gasteiger partial charge in [-0.2, -0.15) is 0 Å². The van der Waals surface area contributed by atoms with Crippen LogP contribution in [-0.4, -0.2) is 42.8 Å². The van der Waals surface area contributed by atoms with Crippen molar-refractivity contribution in [1.82, 2.24) is 4.90 Å². The van der Waals surface area contributed by atoms with Gasteiger partial charge in [0.25, 0.3) is 0 Å². The fraction of sp³-hybridized carbons (Fsp3) is 1.00. The molecule has 0 spiro atoms. The monoisotopic (exact) mass is 240 g/mol. The van der Waals surface area contributed by atoms with Gasteiger partial charge in [0, 0.05) is 31.3 Å². The Bertz CT molecular complexity index is 232. The van der Waals surface area contributed by atoms with Crippen LogP contribution in [0.25, 0.3) is 0 Å². The summed E-state index contributed by atoms with van der Waals surface area (Å²) in [5.74, 6) is 0.783. The summed E-state index contributed by atoms with van der Waals surface area (Å²) in [6.07, 6.45) is 6.29. The van der Waals surface area contributed by atoms with Gasteiger partial charge in [0.2, 0.25) is 0 Å². The van der Waals surface area contributed by atoms with E-state index >= 15 is 0 Å². The zero-order chi connectivity index (χ0) is 12.3. The lowest BCUT2D eigenvalue weighted by molar-refractivity contribution is -0.0299. The van der Waals surface area contributed by atoms with Crippen molar-refractivity contribution >= 4 is 0 Å². The van der Waals surface area contributed by atoms with Crippen LogP contribution in [0, 0.1) is 5.92 Å². The third kappa shape index (κ3) is 3.21. The number of hydrogen-bond acceptors (Lipinski definition) is 3. The van der Waals surface area contributed by atoms with E-state index in [2.05, 4.69) is 18.7 Å². The predicted octanol–water partition coefficient (Wildman–Crippen LogP) is 2.00. The highest BCUT2D eigenvalue weighted by molar-refractivity contribution is 5.00. The van der Waals surface area contributed by atoms with Gasteiger partial charge in [-0.1, -0.05) is 13.8 Å². The summed E-state index contributed by atoms with van der Waals surface area (Å²) in [4.78, 5) is 2.73. The predicted molar refractivity (Wildman–Crippen MR) is 71.0 cm³/mol. The smallest absolute Gasteiger partial charge is 0.0484 e. The first kappa shape index (κ1) is 13.3. The van der Waals surface area contributed by atoms with Gasteiger partial charge in [0.15, 0.2) is 0 Å². The number of rotatable bonds is 6. The molecule has 2 aliphatic rings. The Labute approximate surface area is 106 Å². The van der Waals surface area contributed by atoms with Crippen LogP contribution in [0.1, 0.15) is 46.0 Å². The van der Waals surface area contributed by atoms with Crippen molar-refractivity contribution in [2.75, 3.05) is 26.3 Å². The van der Waals surface area contributed by atoms with E-state index in [4.69, 9.17) is 10.5 Å². The maximum atomic E-state index is 6.11. The van der Waals surface area contributed by atoms with Crippen molar-refractivity contribution in [2.24, 2.45) is 11.7 Å². The molecule has 0 aromatic carbocycles. The van der Waals surface area contributed by atoms with E-state index in [1.165, 1.54) is 25.8 Å². The van der Waals surface area contributed by atoms with Gasteiger partial charge < -0.3 is 10.5 Å². The normalized spacial score (nSPS) is 24.5. The van der Waals surface area contributed by atoms with Crippen LogP contribution in [0.4, 0.5) is 0 Å². The molecule has 17 heavy (non-hydrogen) atoms. The molecule has 2 fully saturated rings. The maximum Gasteiger partial charge on any atom is 0.0484 e. The Morgan fingerprint density at radius 2 is 1.94 bits per heavy atom. The first-order chi connectivity index (χ1) is 8.18. The van der Waals surface area contributed by atoms with Crippen LogP contribution in [0.2, 0.25) is 0 Å². The fourth-order valence-electron chi connectivity index (χ4n) is 2.95. The van der Waals surface area contributed by atoms with Gasteiger partial charge in [0.1, 0.15) is 0 Å². The lowest BCUT2D eigenvalue weighted by atomic mass is 9.87. The molecule has 0 unspecified atom stereocenters. The Hall–Kier alpha value is -0.120. The van der Waals surface area contributed by atoms with Gasteiger partial charge >= 0.3 is 0 Å². The molecule has 100 valence electrons. The molecule has 0 amide bonds. The van der Waals surface area contributed by atoms with Crippen LogP contribution < -0.4 is 5.73 Å². The highest BCUT2D eigenvalue weighted by atomic mass is 16.5. The molecule has 1 aliphatic carbocycles. The van der Waals surface area contributed by atoms with Crippen LogP contribution in [0.5, 0.6) is 0 Å². The van der Waals surface area contributed by atoms with E-state index in [1.807, 2.05) is 0 Å². The van der Waals surface area contributed by atoms with Crippen LogP contribution in [0.3, 0.4) is 0 Å². The topological polar surface area (TPSA) is 38.5 Å². The zero-order valence-corrected chi connectivity index (χ0v) is 11.5. The van der Waals surface area contributed by atoms with Crippen LogP contribution >= 0.6 is 0 Å². The summed E-state index contributed by atoms with van der Waals surface area (Å²) in [5.41, 5.74) is 6.36. The van der Waals surface area contributed by atoms with Gasteiger partial charge in [-0.3, -0.25) is 4.90 Å². The molecule has 2 rings (SSSR count). The summed E-state index contributed by atoms with van der Waals surface area (Å²) in [7, 11) is 0. The number of nitrogens with zero attached hydrogens (tertiary/aromatic N) is 1.